The van der Waals surface area contributed by atoms with Crippen LogP contribution < -0.4 is 26.0 Å². The van der Waals surface area contributed by atoms with Crippen molar-refractivity contribution in [3.05, 3.63) is 102 Å². The van der Waals surface area contributed by atoms with E-state index in [9.17, 15) is 29.1 Å². The SMILES string of the molecule is COc1ccc(CCNC(=O)[C@@H](CC(=O)O)NC(=O)CCC(=O)N[C@@H](Cc2c[nH]c3ccccc23)C(=O)NCCc2ccccc2)cc1. The largest absolute Gasteiger partial charge is 0.497 e. The van der Waals surface area contributed by atoms with E-state index in [2.05, 4.69) is 26.3 Å². The Morgan fingerprint density at radius 3 is 1.92 bits per heavy atom. The molecule has 0 bridgehead atoms. The maximum Gasteiger partial charge on any atom is 0.305 e. The summed E-state index contributed by atoms with van der Waals surface area (Å²) < 4.78 is 5.13. The van der Waals surface area contributed by atoms with Crippen molar-refractivity contribution in [2.24, 2.45) is 0 Å². The van der Waals surface area contributed by atoms with Crippen LogP contribution >= 0.6 is 0 Å². The van der Waals surface area contributed by atoms with Crippen LogP contribution in [0.3, 0.4) is 0 Å². The Morgan fingerprint density at radius 1 is 0.729 bits per heavy atom. The first kappa shape index (κ1) is 35.2. The molecule has 1 heterocycles. The lowest BCUT2D eigenvalue weighted by Gasteiger charge is -2.19. The number of aromatic amines is 1. The molecule has 6 N–H and O–H groups in total. The summed E-state index contributed by atoms with van der Waals surface area (Å²) in [7, 11) is 1.56. The average Bonchev–Trinajstić information content (AvgIpc) is 3.50. The van der Waals surface area contributed by atoms with E-state index >= 15 is 0 Å². The molecule has 0 spiro atoms. The molecule has 0 radical (unpaired) electrons. The van der Waals surface area contributed by atoms with E-state index in [1.165, 1.54) is 0 Å². The Labute approximate surface area is 278 Å². The number of amides is 4. The second kappa shape index (κ2) is 17.9. The highest BCUT2D eigenvalue weighted by molar-refractivity contribution is 5.93. The fourth-order valence-corrected chi connectivity index (χ4v) is 5.22. The summed E-state index contributed by atoms with van der Waals surface area (Å²) >= 11 is 0. The number of H-pyrrole nitrogens is 1. The lowest BCUT2D eigenvalue weighted by molar-refractivity contribution is -0.140. The van der Waals surface area contributed by atoms with Crippen molar-refractivity contribution < 1.29 is 33.8 Å². The number of fused-ring (bicyclic) bond motifs is 1. The molecule has 12 nitrogen and oxygen atoms in total. The van der Waals surface area contributed by atoms with Gasteiger partial charge in [-0.05, 0) is 47.7 Å². The van der Waals surface area contributed by atoms with Crippen LogP contribution in [-0.4, -0.2) is 72.0 Å². The van der Waals surface area contributed by atoms with Crippen LogP contribution in [0.5, 0.6) is 5.75 Å². The predicted octanol–water partition coefficient (Wildman–Crippen LogP) is 2.66. The molecule has 4 rings (SSSR count). The maximum absolute atomic E-state index is 13.3. The first-order valence-corrected chi connectivity index (χ1v) is 15.8. The monoisotopic (exact) mass is 655 g/mol. The molecule has 0 saturated carbocycles. The third-order valence-corrected chi connectivity index (χ3v) is 7.79. The molecule has 2 atom stereocenters. The van der Waals surface area contributed by atoms with Gasteiger partial charge in [0.15, 0.2) is 0 Å². The summed E-state index contributed by atoms with van der Waals surface area (Å²) in [5.41, 5.74) is 3.75. The van der Waals surface area contributed by atoms with Gasteiger partial charge < -0.3 is 36.1 Å². The van der Waals surface area contributed by atoms with Crippen LogP contribution in [0.2, 0.25) is 0 Å². The van der Waals surface area contributed by atoms with Crippen molar-refractivity contribution in [3.8, 4) is 5.75 Å². The van der Waals surface area contributed by atoms with Crippen molar-refractivity contribution in [2.75, 3.05) is 20.2 Å². The number of aliphatic carboxylic acids is 1. The van der Waals surface area contributed by atoms with Crippen LogP contribution in [0.4, 0.5) is 0 Å². The number of carbonyl (C=O) groups is 5. The Balaban J connectivity index is 1.30. The molecule has 4 aromatic rings. The topological polar surface area (TPSA) is 179 Å². The summed E-state index contributed by atoms with van der Waals surface area (Å²) in [6.07, 6.45) is 1.93. The molecule has 0 fully saturated rings. The molecule has 3 aromatic carbocycles. The van der Waals surface area contributed by atoms with Crippen LogP contribution in [0.25, 0.3) is 10.9 Å². The Bertz CT molecular complexity index is 1690. The smallest absolute Gasteiger partial charge is 0.305 e. The number of benzene rings is 3. The van der Waals surface area contributed by atoms with Gasteiger partial charge in [-0.2, -0.15) is 0 Å². The lowest BCUT2D eigenvalue weighted by Crippen LogP contribution is -2.49. The van der Waals surface area contributed by atoms with Gasteiger partial charge in [-0.1, -0.05) is 60.7 Å². The second-order valence-corrected chi connectivity index (χ2v) is 11.3. The number of hydrogen-bond acceptors (Lipinski definition) is 6. The molecular formula is C36H41N5O7. The third kappa shape index (κ3) is 11.0. The van der Waals surface area contributed by atoms with Crippen molar-refractivity contribution in [1.82, 2.24) is 26.3 Å². The molecule has 0 aliphatic heterocycles. The molecule has 48 heavy (non-hydrogen) atoms. The van der Waals surface area contributed by atoms with Crippen LogP contribution in [-0.2, 0) is 43.2 Å². The number of methoxy groups -OCH3 is 1. The quantitative estimate of drug-likeness (QED) is 0.0954. The fraction of sp³-hybridized carbons (Fsp3) is 0.306. The third-order valence-electron chi connectivity index (χ3n) is 7.79. The van der Waals surface area contributed by atoms with Gasteiger partial charge in [0, 0.05) is 49.5 Å². The van der Waals surface area contributed by atoms with Gasteiger partial charge in [0.2, 0.25) is 23.6 Å². The van der Waals surface area contributed by atoms with Crippen molar-refractivity contribution in [1.29, 1.82) is 0 Å². The van der Waals surface area contributed by atoms with Gasteiger partial charge in [-0.3, -0.25) is 24.0 Å². The molecular weight excluding hydrogens is 614 g/mol. The summed E-state index contributed by atoms with van der Waals surface area (Å²) in [5, 5.41) is 21.0. The molecule has 0 aliphatic carbocycles. The predicted molar refractivity (Wildman–Crippen MR) is 180 cm³/mol. The van der Waals surface area contributed by atoms with Gasteiger partial charge in [-0.25, -0.2) is 0 Å². The standard InChI is InChI=1S/C36H41N5O7/c1-48-27-13-11-25(12-14-27)18-20-38-36(47)31(22-34(44)45)41-33(43)16-15-32(42)40-30(21-26-23-39-29-10-6-5-9-28(26)29)35(46)37-19-17-24-7-3-2-4-8-24/h2-14,23,30-31,39H,15-22H2,1H3,(H,37,46)(H,38,47)(H,40,42)(H,41,43)(H,44,45)/t30-,31+/m0/s1. The van der Waals surface area contributed by atoms with Crippen LogP contribution in [0, 0.1) is 0 Å². The zero-order valence-corrected chi connectivity index (χ0v) is 26.8. The first-order valence-electron chi connectivity index (χ1n) is 15.8. The molecule has 1 aromatic heterocycles. The number of ether oxygens (including phenoxy) is 1. The highest BCUT2D eigenvalue weighted by Gasteiger charge is 2.25. The van der Waals surface area contributed by atoms with Crippen molar-refractivity contribution >= 4 is 40.5 Å². The van der Waals surface area contributed by atoms with Crippen molar-refractivity contribution in [2.45, 2.75) is 50.6 Å². The molecule has 12 heteroatoms. The molecule has 4 amide bonds. The summed E-state index contributed by atoms with van der Waals surface area (Å²) in [6, 6.07) is 22.4. The van der Waals surface area contributed by atoms with Gasteiger partial charge in [-0.15, -0.1) is 0 Å². The summed E-state index contributed by atoms with van der Waals surface area (Å²) in [6.45, 7) is 0.601. The van der Waals surface area contributed by atoms with Crippen LogP contribution in [0.1, 0.15) is 36.0 Å². The zero-order valence-electron chi connectivity index (χ0n) is 26.8. The highest BCUT2D eigenvalue weighted by Crippen LogP contribution is 2.19. The number of aromatic nitrogens is 1. The van der Waals surface area contributed by atoms with Gasteiger partial charge in [0.1, 0.15) is 17.8 Å². The number of carboxylic acids is 1. The normalized spacial score (nSPS) is 12.0. The summed E-state index contributed by atoms with van der Waals surface area (Å²) in [4.78, 5) is 66.4. The minimum atomic E-state index is -1.32. The van der Waals surface area contributed by atoms with E-state index in [-0.39, 0.29) is 31.7 Å². The van der Waals surface area contributed by atoms with E-state index in [0.29, 0.717) is 25.1 Å². The van der Waals surface area contributed by atoms with E-state index in [4.69, 9.17) is 4.74 Å². The maximum atomic E-state index is 13.3. The molecule has 0 saturated heterocycles. The van der Waals surface area contributed by atoms with E-state index in [1.807, 2.05) is 66.7 Å². The minimum absolute atomic E-state index is 0.219. The van der Waals surface area contributed by atoms with Crippen LogP contribution in [0.15, 0.2) is 85.1 Å². The minimum Gasteiger partial charge on any atom is -0.497 e. The first-order chi connectivity index (χ1) is 23.2. The van der Waals surface area contributed by atoms with Gasteiger partial charge in [0.25, 0.3) is 0 Å². The molecule has 0 aliphatic rings. The Hall–Kier alpha value is -5.65. The number of rotatable bonds is 18. The second-order valence-electron chi connectivity index (χ2n) is 11.3. The van der Waals surface area contributed by atoms with Gasteiger partial charge >= 0.3 is 5.97 Å². The number of carbonyl (C=O) groups excluding carboxylic acids is 4. The average molecular weight is 656 g/mol. The zero-order chi connectivity index (χ0) is 34.3. The fourth-order valence-electron chi connectivity index (χ4n) is 5.22. The number of nitrogens with one attached hydrogen (secondary N) is 5. The molecule has 0 unspecified atom stereocenters. The lowest BCUT2D eigenvalue weighted by atomic mass is 10.0. The van der Waals surface area contributed by atoms with Crippen molar-refractivity contribution in [3.63, 3.8) is 0 Å². The Kier molecular flexibility index (Phi) is 13.1. The number of carboxylic acid groups (broad SMARTS) is 1. The van der Waals surface area contributed by atoms with E-state index < -0.39 is 42.2 Å². The summed E-state index contributed by atoms with van der Waals surface area (Å²) in [5.74, 6) is -2.76. The Morgan fingerprint density at radius 2 is 1.29 bits per heavy atom. The number of hydrogen-bond donors (Lipinski definition) is 6. The number of para-hydroxylation sites is 1. The highest BCUT2D eigenvalue weighted by atomic mass is 16.5. The van der Waals surface area contributed by atoms with Gasteiger partial charge in [0.05, 0.1) is 13.5 Å². The van der Waals surface area contributed by atoms with E-state index in [0.717, 1.165) is 27.6 Å². The molecule has 252 valence electrons. The van der Waals surface area contributed by atoms with E-state index in [1.54, 1.807) is 25.4 Å².